The molecule has 0 aromatic heterocycles. The monoisotopic (exact) mass is 326 g/mol. The number of nitrogens with one attached hydrogen (secondary N) is 2. The van der Waals surface area contributed by atoms with Crippen LogP contribution in [0.5, 0.6) is 17.2 Å². The summed E-state index contributed by atoms with van der Waals surface area (Å²) in [6.07, 6.45) is 0. The van der Waals surface area contributed by atoms with E-state index in [0.29, 0.717) is 35.0 Å². The van der Waals surface area contributed by atoms with E-state index in [1.165, 1.54) is 0 Å². The van der Waals surface area contributed by atoms with Gasteiger partial charge >= 0.3 is 0 Å². The van der Waals surface area contributed by atoms with Crippen molar-refractivity contribution in [2.75, 3.05) is 18.7 Å². The summed E-state index contributed by atoms with van der Waals surface area (Å²) in [7, 11) is 0. The zero-order valence-electron chi connectivity index (χ0n) is 12.6. The van der Waals surface area contributed by atoms with Crippen LogP contribution in [0.2, 0.25) is 0 Å². The molecule has 0 atom stereocenters. The number of carbonyl (C=O) groups is 2. The molecule has 7 heteroatoms. The molecule has 0 aliphatic carbocycles. The van der Waals surface area contributed by atoms with Gasteiger partial charge < -0.3 is 24.8 Å². The Morgan fingerprint density at radius 3 is 2.79 bits per heavy atom. The number of rotatable bonds is 3. The highest BCUT2D eigenvalue weighted by atomic mass is 16.7. The molecule has 2 heterocycles. The van der Waals surface area contributed by atoms with Gasteiger partial charge in [-0.25, -0.2) is 0 Å². The van der Waals surface area contributed by atoms with Crippen molar-refractivity contribution in [1.82, 2.24) is 5.32 Å². The second-order valence-electron chi connectivity index (χ2n) is 5.42. The van der Waals surface area contributed by atoms with E-state index in [1.807, 2.05) is 6.07 Å². The van der Waals surface area contributed by atoms with Crippen LogP contribution < -0.4 is 24.8 Å². The molecule has 122 valence electrons. The molecule has 0 saturated heterocycles. The smallest absolute Gasteiger partial charge is 0.262 e. The second-order valence-corrected chi connectivity index (χ2v) is 5.42. The molecule has 0 radical (unpaired) electrons. The lowest BCUT2D eigenvalue weighted by Gasteiger charge is -2.18. The van der Waals surface area contributed by atoms with E-state index >= 15 is 0 Å². The van der Waals surface area contributed by atoms with Crippen molar-refractivity contribution in [3.8, 4) is 17.2 Å². The fraction of sp³-hybridized carbons (Fsp3) is 0.176. The van der Waals surface area contributed by atoms with E-state index < -0.39 is 0 Å². The van der Waals surface area contributed by atoms with E-state index in [9.17, 15) is 9.59 Å². The van der Waals surface area contributed by atoms with Crippen LogP contribution in [0.15, 0.2) is 36.4 Å². The predicted octanol–water partition coefficient (Wildman–Crippen LogP) is 1.68. The summed E-state index contributed by atoms with van der Waals surface area (Å²) >= 11 is 0. The molecule has 0 saturated carbocycles. The lowest BCUT2D eigenvalue weighted by atomic mass is 10.1. The van der Waals surface area contributed by atoms with E-state index in [0.717, 1.165) is 5.56 Å². The maximum absolute atomic E-state index is 12.3. The van der Waals surface area contributed by atoms with Crippen molar-refractivity contribution in [3.63, 3.8) is 0 Å². The van der Waals surface area contributed by atoms with Crippen LogP contribution >= 0.6 is 0 Å². The summed E-state index contributed by atoms with van der Waals surface area (Å²) in [4.78, 5) is 23.6. The minimum atomic E-state index is -0.216. The number of hydrogen-bond acceptors (Lipinski definition) is 5. The first-order valence-electron chi connectivity index (χ1n) is 7.42. The molecular weight excluding hydrogens is 312 g/mol. The van der Waals surface area contributed by atoms with E-state index in [2.05, 4.69) is 10.6 Å². The van der Waals surface area contributed by atoms with Crippen molar-refractivity contribution in [1.29, 1.82) is 0 Å². The maximum Gasteiger partial charge on any atom is 0.262 e. The molecule has 0 fully saturated rings. The summed E-state index contributed by atoms with van der Waals surface area (Å²) in [5.41, 5.74) is 1.96. The average molecular weight is 326 g/mol. The van der Waals surface area contributed by atoms with Crippen molar-refractivity contribution < 1.29 is 23.8 Å². The Kier molecular flexibility index (Phi) is 3.45. The fourth-order valence-electron chi connectivity index (χ4n) is 2.56. The number of benzene rings is 2. The topological polar surface area (TPSA) is 85.9 Å². The highest BCUT2D eigenvalue weighted by molar-refractivity contribution is 5.96. The Balaban J connectivity index is 1.44. The standard InChI is InChI=1S/C17H14N2O5/c20-16-8-22-13-3-1-10(5-12(13)19-16)7-18-17(21)11-2-4-14-15(6-11)24-9-23-14/h1-6H,7-9H2,(H,18,21)(H,19,20). The number of ether oxygens (including phenoxy) is 3. The molecule has 4 rings (SSSR count). The fourth-order valence-corrected chi connectivity index (χ4v) is 2.56. The zero-order chi connectivity index (χ0) is 16.5. The Morgan fingerprint density at radius 1 is 1.04 bits per heavy atom. The number of anilines is 1. The lowest BCUT2D eigenvalue weighted by Crippen LogP contribution is -2.26. The Hall–Kier alpha value is -3.22. The molecule has 0 bridgehead atoms. The van der Waals surface area contributed by atoms with Crippen LogP contribution in [0.1, 0.15) is 15.9 Å². The molecule has 7 nitrogen and oxygen atoms in total. The highest BCUT2D eigenvalue weighted by Crippen LogP contribution is 2.32. The average Bonchev–Trinajstić information content (AvgIpc) is 3.06. The third-order valence-electron chi connectivity index (χ3n) is 3.76. The van der Waals surface area contributed by atoms with Crippen LogP contribution in [0.4, 0.5) is 5.69 Å². The summed E-state index contributed by atoms with van der Waals surface area (Å²) < 4.78 is 15.8. The largest absolute Gasteiger partial charge is 0.482 e. The van der Waals surface area contributed by atoms with Crippen LogP contribution in [-0.4, -0.2) is 25.2 Å². The van der Waals surface area contributed by atoms with Gasteiger partial charge in [0, 0.05) is 12.1 Å². The van der Waals surface area contributed by atoms with E-state index in [4.69, 9.17) is 14.2 Å². The van der Waals surface area contributed by atoms with Crippen molar-refractivity contribution in [2.45, 2.75) is 6.54 Å². The third-order valence-corrected chi connectivity index (χ3v) is 3.76. The first-order chi connectivity index (χ1) is 11.7. The predicted molar refractivity (Wildman–Crippen MR) is 84.3 cm³/mol. The summed E-state index contributed by atoms with van der Waals surface area (Å²) in [5.74, 6) is 1.42. The van der Waals surface area contributed by atoms with E-state index in [1.54, 1.807) is 30.3 Å². The van der Waals surface area contributed by atoms with Gasteiger partial charge in [-0.2, -0.15) is 0 Å². The van der Waals surface area contributed by atoms with Gasteiger partial charge in [-0.15, -0.1) is 0 Å². The molecule has 2 aliphatic heterocycles. The number of amides is 2. The first kappa shape index (κ1) is 14.4. The Labute approximate surface area is 137 Å². The summed E-state index contributed by atoms with van der Waals surface area (Å²) in [5, 5.41) is 5.58. The Morgan fingerprint density at radius 2 is 1.88 bits per heavy atom. The molecular formula is C17H14N2O5. The molecule has 2 aliphatic rings. The zero-order valence-corrected chi connectivity index (χ0v) is 12.6. The molecule has 2 N–H and O–H groups in total. The molecule has 0 spiro atoms. The second kappa shape index (κ2) is 5.77. The van der Waals surface area contributed by atoms with Gasteiger partial charge in [0.1, 0.15) is 5.75 Å². The van der Waals surface area contributed by atoms with Crippen LogP contribution in [0, 0.1) is 0 Å². The van der Waals surface area contributed by atoms with Crippen LogP contribution in [0.3, 0.4) is 0 Å². The molecule has 2 aromatic carbocycles. The van der Waals surface area contributed by atoms with Gasteiger partial charge in [0.05, 0.1) is 5.69 Å². The lowest BCUT2D eigenvalue weighted by molar-refractivity contribution is -0.118. The number of carbonyl (C=O) groups excluding carboxylic acids is 2. The summed E-state index contributed by atoms with van der Waals surface area (Å²) in [6.45, 7) is 0.521. The van der Waals surface area contributed by atoms with Gasteiger partial charge in [-0.1, -0.05) is 6.07 Å². The van der Waals surface area contributed by atoms with Crippen LogP contribution in [-0.2, 0) is 11.3 Å². The van der Waals surface area contributed by atoms with Crippen molar-refractivity contribution in [2.24, 2.45) is 0 Å². The van der Waals surface area contributed by atoms with Crippen LogP contribution in [0.25, 0.3) is 0 Å². The number of hydrogen-bond donors (Lipinski definition) is 2. The van der Waals surface area contributed by atoms with Gasteiger partial charge in [-0.3, -0.25) is 9.59 Å². The van der Waals surface area contributed by atoms with Crippen molar-refractivity contribution >= 4 is 17.5 Å². The van der Waals surface area contributed by atoms with Gasteiger partial charge in [0.2, 0.25) is 6.79 Å². The van der Waals surface area contributed by atoms with Gasteiger partial charge in [0.15, 0.2) is 18.1 Å². The Bertz CT molecular complexity index is 834. The van der Waals surface area contributed by atoms with Gasteiger partial charge in [-0.05, 0) is 35.9 Å². The quantitative estimate of drug-likeness (QED) is 0.896. The molecule has 24 heavy (non-hydrogen) atoms. The minimum absolute atomic E-state index is 0.0210. The highest BCUT2D eigenvalue weighted by Gasteiger charge is 2.17. The minimum Gasteiger partial charge on any atom is -0.482 e. The SMILES string of the molecule is O=C1COc2ccc(CNC(=O)c3ccc4c(c3)OCO4)cc2N1. The molecule has 2 amide bonds. The molecule has 0 unspecified atom stereocenters. The number of fused-ring (bicyclic) bond motifs is 2. The van der Waals surface area contributed by atoms with Gasteiger partial charge in [0.25, 0.3) is 11.8 Å². The normalized spacial score (nSPS) is 14.4. The van der Waals surface area contributed by atoms with E-state index in [-0.39, 0.29) is 25.2 Å². The maximum atomic E-state index is 12.3. The summed E-state index contributed by atoms with van der Waals surface area (Å²) in [6, 6.07) is 10.4. The third kappa shape index (κ3) is 2.71. The van der Waals surface area contributed by atoms with Crippen molar-refractivity contribution in [3.05, 3.63) is 47.5 Å². The molecule has 2 aromatic rings. The first-order valence-corrected chi connectivity index (χ1v) is 7.42.